The van der Waals surface area contributed by atoms with E-state index in [-0.39, 0.29) is 17.8 Å². The zero-order valence-corrected chi connectivity index (χ0v) is 11.3. The molecular formula is C14H11F2NO4. The maximum absolute atomic E-state index is 13.6. The van der Waals surface area contributed by atoms with Crippen molar-refractivity contribution in [1.82, 2.24) is 0 Å². The standard InChI is InChI=1S/C14H11F2NO4/c1-7(14(20)21-2)3-4-17-10-6-8(15)5-9(16)11(10)12(18)13(17)19/h3,5-6H,4H2,1-2H3. The highest BCUT2D eigenvalue weighted by Gasteiger charge is 2.38. The SMILES string of the molecule is COC(=O)C(C)=CCN1C(=O)C(=O)c2c(F)cc(F)cc21. The Labute approximate surface area is 118 Å². The summed E-state index contributed by atoms with van der Waals surface area (Å²) in [4.78, 5) is 35.7. The second-order valence-corrected chi connectivity index (χ2v) is 4.41. The Morgan fingerprint density at radius 2 is 2.00 bits per heavy atom. The van der Waals surface area contributed by atoms with Crippen molar-refractivity contribution >= 4 is 23.3 Å². The van der Waals surface area contributed by atoms with Crippen molar-refractivity contribution in [3.8, 4) is 0 Å². The topological polar surface area (TPSA) is 63.7 Å². The minimum absolute atomic E-state index is 0.142. The second kappa shape index (κ2) is 5.43. The van der Waals surface area contributed by atoms with Crippen molar-refractivity contribution in [3.05, 3.63) is 41.0 Å². The number of methoxy groups -OCH3 is 1. The molecule has 0 bridgehead atoms. The number of ether oxygens (including phenoxy) is 1. The first kappa shape index (κ1) is 14.8. The van der Waals surface area contributed by atoms with Crippen LogP contribution in [-0.4, -0.2) is 31.3 Å². The van der Waals surface area contributed by atoms with E-state index in [0.29, 0.717) is 6.07 Å². The van der Waals surface area contributed by atoms with Gasteiger partial charge in [0.2, 0.25) is 0 Å². The van der Waals surface area contributed by atoms with E-state index >= 15 is 0 Å². The average Bonchev–Trinajstić information content (AvgIpc) is 2.67. The van der Waals surface area contributed by atoms with Gasteiger partial charge >= 0.3 is 5.97 Å². The summed E-state index contributed by atoms with van der Waals surface area (Å²) in [6.07, 6.45) is 1.34. The van der Waals surface area contributed by atoms with E-state index in [0.717, 1.165) is 11.0 Å². The number of esters is 1. The van der Waals surface area contributed by atoms with Gasteiger partial charge in [0.05, 0.1) is 18.4 Å². The molecule has 1 amide bonds. The highest BCUT2D eigenvalue weighted by Crippen LogP contribution is 2.31. The number of ketones is 1. The van der Waals surface area contributed by atoms with Crippen molar-refractivity contribution < 1.29 is 27.9 Å². The first-order valence-electron chi connectivity index (χ1n) is 5.97. The number of anilines is 1. The van der Waals surface area contributed by atoms with Gasteiger partial charge < -0.3 is 9.64 Å². The van der Waals surface area contributed by atoms with E-state index in [1.807, 2.05) is 0 Å². The number of rotatable bonds is 3. The maximum Gasteiger partial charge on any atom is 0.333 e. The molecule has 1 aromatic rings. The molecule has 0 aromatic heterocycles. The number of carbonyl (C=O) groups is 3. The van der Waals surface area contributed by atoms with Crippen molar-refractivity contribution in [1.29, 1.82) is 0 Å². The third-order valence-electron chi connectivity index (χ3n) is 3.08. The summed E-state index contributed by atoms with van der Waals surface area (Å²) in [5.41, 5.74) is -0.384. The van der Waals surface area contributed by atoms with Crippen LogP contribution in [0.1, 0.15) is 17.3 Å². The monoisotopic (exact) mass is 295 g/mol. The van der Waals surface area contributed by atoms with Crippen LogP contribution >= 0.6 is 0 Å². The van der Waals surface area contributed by atoms with Crippen LogP contribution in [-0.2, 0) is 14.3 Å². The average molecular weight is 295 g/mol. The molecule has 21 heavy (non-hydrogen) atoms. The lowest BCUT2D eigenvalue weighted by atomic mass is 10.1. The summed E-state index contributed by atoms with van der Waals surface area (Å²) in [6.45, 7) is 1.29. The number of hydrogen-bond donors (Lipinski definition) is 0. The molecule has 1 aromatic carbocycles. The fourth-order valence-electron chi connectivity index (χ4n) is 1.99. The van der Waals surface area contributed by atoms with Gasteiger partial charge in [0, 0.05) is 18.2 Å². The Balaban J connectivity index is 2.38. The van der Waals surface area contributed by atoms with Gasteiger partial charge in [-0.25, -0.2) is 13.6 Å². The van der Waals surface area contributed by atoms with E-state index < -0.39 is 34.9 Å². The second-order valence-electron chi connectivity index (χ2n) is 4.41. The summed E-state index contributed by atoms with van der Waals surface area (Å²) >= 11 is 0. The molecule has 0 aliphatic carbocycles. The summed E-state index contributed by atoms with van der Waals surface area (Å²) in [6, 6.07) is 1.45. The largest absolute Gasteiger partial charge is 0.466 e. The van der Waals surface area contributed by atoms with E-state index in [1.165, 1.54) is 20.1 Å². The van der Waals surface area contributed by atoms with E-state index in [2.05, 4.69) is 4.74 Å². The Bertz CT molecular complexity index is 682. The van der Waals surface area contributed by atoms with E-state index in [9.17, 15) is 23.2 Å². The molecule has 0 saturated carbocycles. The Hall–Kier alpha value is -2.57. The normalized spacial score (nSPS) is 14.5. The Morgan fingerprint density at radius 1 is 1.33 bits per heavy atom. The van der Waals surface area contributed by atoms with Gasteiger partial charge in [0.25, 0.3) is 11.7 Å². The summed E-state index contributed by atoms with van der Waals surface area (Å²) in [7, 11) is 1.20. The van der Waals surface area contributed by atoms with Crippen LogP contribution < -0.4 is 4.90 Å². The van der Waals surface area contributed by atoms with Crippen LogP contribution in [0.3, 0.4) is 0 Å². The number of carbonyl (C=O) groups excluding carboxylic acids is 3. The van der Waals surface area contributed by atoms with Crippen molar-refractivity contribution in [2.75, 3.05) is 18.6 Å². The first-order chi connectivity index (χ1) is 9.86. The molecule has 2 rings (SSSR count). The van der Waals surface area contributed by atoms with Crippen molar-refractivity contribution in [2.24, 2.45) is 0 Å². The number of amides is 1. The number of Topliss-reactive ketones (excluding diaryl/α,β-unsaturated/α-hetero) is 1. The Morgan fingerprint density at radius 3 is 2.62 bits per heavy atom. The fraction of sp³-hybridized carbons (Fsp3) is 0.214. The van der Waals surface area contributed by atoms with Gasteiger partial charge in [-0.05, 0) is 13.0 Å². The highest BCUT2D eigenvalue weighted by atomic mass is 19.1. The molecule has 7 heteroatoms. The smallest absolute Gasteiger partial charge is 0.333 e. The molecule has 1 aliphatic heterocycles. The van der Waals surface area contributed by atoms with Crippen molar-refractivity contribution in [3.63, 3.8) is 0 Å². The summed E-state index contributed by atoms with van der Waals surface area (Å²) in [5.74, 6) is -4.58. The predicted molar refractivity (Wildman–Crippen MR) is 68.8 cm³/mol. The number of nitrogens with zero attached hydrogens (tertiary/aromatic N) is 1. The van der Waals surface area contributed by atoms with Gasteiger partial charge in [-0.15, -0.1) is 0 Å². The number of halogens is 2. The molecule has 0 N–H and O–H groups in total. The van der Waals surface area contributed by atoms with Crippen molar-refractivity contribution in [2.45, 2.75) is 6.92 Å². The predicted octanol–water partition coefficient (Wildman–Crippen LogP) is 1.61. The van der Waals surface area contributed by atoms with Gasteiger partial charge in [-0.2, -0.15) is 0 Å². The summed E-state index contributed by atoms with van der Waals surface area (Å²) in [5, 5.41) is 0. The van der Waals surface area contributed by atoms with Gasteiger partial charge in [-0.3, -0.25) is 9.59 Å². The van der Waals surface area contributed by atoms with Crippen LogP contribution in [0.15, 0.2) is 23.8 Å². The molecule has 0 fully saturated rings. The molecule has 5 nitrogen and oxygen atoms in total. The molecule has 0 atom stereocenters. The van der Waals surface area contributed by atoms with Crippen LogP contribution in [0, 0.1) is 11.6 Å². The lowest BCUT2D eigenvalue weighted by molar-refractivity contribution is -0.136. The zero-order valence-electron chi connectivity index (χ0n) is 11.3. The van der Waals surface area contributed by atoms with E-state index in [1.54, 1.807) is 0 Å². The van der Waals surface area contributed by atoms with E-state index in [4.69, 9.17) is 0 Å². The van der Waals surface area contributed by atoms with Gasteiger partial charge in [0.1, 0.15) is 11.6 Å². The molecule has 110 valence electrons. The quantitative estimate of drug-likeness (QED) is 0.483. The first-order valence-corrected chi connectivity index (χ1v) is 5.97. The highest BCUT2D eigenvalue weighted by molar-refractivity contribution is 6.52. The molecular weight excluding hydrogens is 284 g/mol. The van der Waals surface area contributed by atoms with Crippen LogP contribution in [0.25, 0.3) is 0 Å². The van der Waals surface area contributed by atoms with Crippen LogP contribution in [0.5, 0.6) is 0 Å². The molecule has 0 unspecified atom stereocenters. The molecule has 1 heterocycles. The zero-order chi connectivity index (χ0) is 15.7. The molecule has 0 radical (unpaired) electrons. The van der Waals surface area contributed by atoms with Gasteiger partial charge in [0.15, 0.2) is 0 Å². The molecule has 0 saturated heterocycles. The molecule has 1 aliphatic rings. The number of benzene rings is 1. The van der Waals surface area contributed by atoms with Gasteiger partial charge in [-0.1, -0.05) is 6.08 Å². The minimum Gasteiger partial charge on any atom is -0.466 e. The number of hydrogen-bond acceptors (Lipinski definition) is 4. The fourth-order valence-corrected chi connectivity index (χ4v) is 1.99. The third-order valence-corrected chi connectivity index (χ3v) is 3.08. The minimum atomic E-state index is -1.08. The lowest BCUT2D eigenvalue weighted by Crippen LogP contribution is -2.30. The number of fused-ring (bicyclic) bond motifs is 1. The lowest BCUT2D eigenvalue weighted by Gasteiger charge is -2.14. The van der Waals surface area contributed by atoms with Crippen LogP contribution in [0.2, 0.25) is 0 Å². The van der Waals surface area contributed by atoms with Crippen LogP contribution in [0.4, 0.5) is 14.5 Å². The Kier molecular flexibility index (Phi) is 3.84. The third kappa shape index (κ3) is 2.54. The maximum atomic E-state index is 13.6. The summed E-state index contributed by atoms with van der Waals surface area (Å²) < 4.78 is 31.3. The molecule has 0 spiro atoms.